The van der Waals surface area contributed by atoms with Gasteiger partial charge in [0.1, 0.15) is 5.15 Å². The fourth-order valence-electron chi connectivity index (χ4n) is 1.59. The van der Waals surface area contributed by atoms with Crippen LogP contribution >= 0.6 is 11.6 Å². The molecule has 1 aliphatic carbocycles. The lowest BCUT2D eigenvalue weighted by molar-refractivity contribution is 0.0681. The lowest BCUT2D eigenvalue weighted by Crippen LogP contribution is -2.30. The third kappa shape index (κ3) is 3.68. The molecular formula is C13H17ClN2O2. The molecule has 0 radical (unpaired) electrons. The average molecular weight is 269 g/mol. The molecule has 2 rings (SSSR count). The number of nitrogens with zero attached hydrogens (tertiary/aromatic N) is 2. The van der Waals surface area contributed by atoms with Gasteiger partial charge in [-0.1, -0.05) is 11.6 Å². The van der Waals surface area contributed by atoms with E-state index < -0.39 is 0 Å². The minimum atomic E-state index is -0.122. The number of pyridine rings is 1. The van der Waals surface area contributed by atoms with E-state index in [4.69, 9.17) is 16.3 Å². The molecule has 1 aliphatic rings. The number of likely N-dealkylation sites (N-methyl/N-ethyl adjacent to an activating group) is 1. The number of carbonyl (C=O) groups is 1. The van der Waals surface area contributed by atoms with Crippen LogP contribution in [0.2, 0.25) is 5.15 Å². The Morgan fingerprint density at radius 1 is 1.61 bits per heavy atom. The highest BCUT2D eigenvalue weighted by atomic mass is 35.5. The largest absolute Gasteiger partial charge is 0.379 e. The standard InChI is InChI=1S/C13H17ClN2O2/c1-16(7-8-18-9-10-4-5-10)13(17)11-3-2-6-15-12(11)14/h2-3,6,10H,4-5,7-9H2,1H3. The van der Waals surface area contributed by atoms with Gasteiger partial charge in [0.25, 0.3) is 5.91 Å². The Morgan fingerprint density at radius 2 is 2.39 bits per heavy atom. The Labute approximate surface area is 112 Å². The van der Waals surface area contributed by atoms with Gasteiger partial charge in [0.05, 0.1) is 12.2 Å². The summed E-state index contributed by atoms with van der Waals surface area (Å²) in [5, 5.41) is 0.244. The zero-order valence-electron chi connectivity index (χ0n) is 10.4. The Morgan fingerprint density at radius 3 is 3.06 bits per heavy atom. The normalized spacial score (nSPS) is 14.6. The van der Waals surface area contributed by atoms with E-state index in [-0.39, 0.29) is 11.1 Å². The van der Waals surface area contributed by atoms with Gasteiger partial charge >= 0.3 is 0 Å². The van der Waals surface area contributed by atoms with Crippen molar-refractivity contribution in [3.8, 4) is 0 Å². The van der Waals surface area contributed by atoms with Crippen molar-refractivity contribution in [1.29, 1.82) is 0 Å². The third-order valence-electron chi connectivity index (χ3n) is 2.96. The molecule has 4 nitrogen and oxygen atoms in total. The highest BCUT2D eigenvalue weighted by molar-refractivity contribution is 6.32. The lowest BCUT2D eigenvalue weighted by atomic mass is 10.2. The highest BCUT2D eigenvalue weighted by Gasteiger charge is 2.21. The van der Waals surface area contributed by atoms with Crippen LogP contribution in [0.1, 0.15) is 23.2 Å². The summed E-state index contributed by atoms with van der Waals surface area (Å²) < 4.78 is 5.50. The molecule has 18 heavy (non-hydrogen) atoms. The molecule has 1 saturated carbocycles. The van der Waals surface area contributed by atoms with Gasteiger partial charge in [0.15, 0.2) is 0 Å². The predicted octanol–water partition coefficient (Wildman–Crippen LogP) is 2.23. The van der Waals surface area contributed by atoms with Crippen LogP contribution in [-0.4, -0.2) is 42.6 Å². The minimum Gasteiger partial charge on any atom is -0.379 e. The number of amides is 1. The van der Waals surface area contributed by atoms with Crippen LogP contribution in [0, 0.1) is 5.92 Å². The maximum atomic E-state index is 12.1. The second kappa shape index (κ2) is 6.16. The summed E-state index contributed by atoms with van der Waals surface area (Å²) in [6.07, 6.45) is 4.12. The van der Waals surface area contributed by atoms with Crippen molar-refractivity contribution in [2.24, 2.45) is 5.92 Å². The lowest BCUT2D eigenvalue weighted by Gasteiger charge is -2.17. The van der Waals surface area contributed by atoms with Crippen molar-refractivity contribution in [3.05, 3.63) is 29.0 Å². The zero-order valence-corrected chi connectivity index (χ0v) is 11.2. The van der Waals surface area contributed by atoms with Crippen molar-refractivity contribution in [2.75, 3.05) is 26.8 Å². The molecule has 0 saturated heterocycles. The summed E-state index contributed by atoms with van der Waals surface area (Å²) in [7, 11) is 1.74. The molecule has 0 aromatic carbocycles. The van der Waals surface area contributed by atoms with Gasteiger partial charge < -0.3 is 9.64 Å². The molecule has 1 aromatic heterocycles. The van der Waals surface area contributed by atoms with Crippen molar-refractivity contribution in [3.63, 3.8) is 0 Å². The van der Waals surface area contributed by atoms with E-state index in [1.165, 1.54) is 12.8 Å². The van der Waals surface area contributed by atoms with Gasteiger partial charge in [0.2, 0.25) is 0 Å². The molecule has 1 amide bonds. The van der Waals surface area contributed by atoms with Crippen LogP contribution in [0.4, 0.5) is 0 Å². The molecule has 1 fully saturated rings. The summed E-state index contributed by atoms with van der Waals surface area (Å²) in [6, 6.07) is 3.38. The molecular weight excluding hydrogens is 252 g/mol. The second-order valence-corrected chi connectivity index (χ2v) is 4.94. The number of hydrogen-bond acceptors (Lipinski definition) is 3. The first-order chi connectivity index (χ1) is 8.68. The van der Waals surface area contributed by atoms with Crippen LogP contribution in [0.15, 0.2) is 18.3 Å². The van der Waals surface area contributed by atoms with E-state index in [1.807, 2.05) is 0 Å². The van der Waals surface area contributed by atoms with E-state index in [2.05, 4.69) is 4.98 Å². The maximum absolute atomic E-state index is 12.1. The SMILES string of the molecule is CN(CCOCC1CC1)C(=O)c1cccnc1Cl. The molecule has 5 heteroatoms. The minimum absolute atomic E-state index is 0.122. The quantitative estimate of drug-likeness (QED) is 0.587. The maximum Gasteiger partial charge on any atom is 0.256 e. The first-order valence-corrected chi connectivity index (χ1v) is 6.50. The van der Waals surface area contributed by atoms with Crippen LogP contribution < -0.4 is 0 Å². The van der Waals surface area contributed by atoms with E-state index in [0.717, 1.165) is 12.5 Å². The van der Waals surface area contributed by atoms with E-state index in [0.29, 0.717) is 18.7 Å². The molecule has 0 spiro atoms. The van der Waals surface area contributed by atoms with Gasteiger partial charge in [-0.25, -0.2) is 4.98 Å². The smallest absolute Gasteiger partial charge is 0.256 e. The summed E-state index contributed by atoms with van der Waals surface area (Å²) in [5.74, 6) is 0.627. The molecule has 1 heterocycles. The number of aromatic nitrogens is 1. The van der Waals surface area contributed by atoms with Crippen molar-refractivity contribution >= 4 is 17.5 Å². The Balaban J connectivity index is 1.78. The molecule has 0 atom stereocenters. The van der Waals surface area contributed by atoms with Crippen LogP contribution in [-0.2, 0) is 4.74 Å². The first kappa shape index (κ1) is 13.3. The van der Waals surface area contributed by atoms with Gasteiger partial charge in [0, 0.05) is 26.4 Å². The molecule has 0 unspecified atom stereocenters. The van der Waals surface area contributed by atoms with Gasteiger partial charge in [-0.15, -0.1) is 0 Å². The first-order valence-electron chi connectivity index (χ1n) is 6.12. The average Bonchev–Trinajstić information content (AvgIpc) is 3.18. The fraction of sp³-hybridized carbons (Fsp3) is 0.538. The van der Waals surface area contributed by atoms with Crippen LogP contribution in [0.3, 0.4) is 0 Å². The number of rotatable bonds is 6. The summed E-state index contributed by atoms with van der Waals surface area (Å²) in [4.78, 5) is 17.6. The van der Waals surface area contributed by atoms with Crippen molar-refractivity contribution in [1.82, 2.24) is 9.88 Å². The summed E-state index contributed by atoms with van der Waals surface area (Å²) in [6.45, 7) is 1.95. The van der Waals surface area contributed by atoms with Gasteiger partial charge in [-0.2, -0.15) is 0 Å². The number of hydrogen-bond donors (Lipinski definition) is 0. The molecule has 0 bridgehead atoms. The fourth-order valence-corrected chi connectivity index (χ4v) is 1.79. The van der Waals surface area contributed by atoms with Gasteiger partial charge in [-0.3, -0.25) is 4.79 Å². The van der Waals surface area contributed by atoms with Crippen molar-refractivity contribution in [2.45, 2.75) is 12.8 Å². The third-order valence-corrected chi connectivity index (χ3v) is 3.26. The second-order valence-electron chi connectivity index (χ2n) is 4.59. The van der Waals surface area contributed by atoms with Crippen molar-refractivity contribution < 1.29 is 9.53 Å². The zero-order chi connectivity index (χ0) is 13.0. The molecule has 0 N–H and O–H groups in total. The topological polar surface area (TPSA) is 42.4 Å². The Kier molecular flexibility index (Phi) is 4.55. The molecule has 1 aromatic rings. The Hall–Kier alpha value is -1.13. The number of halogens is 1. The van der Waals surface area contributed by atoms with Crippen LogP contribution in [0.25, 0.3) is 0 Å². The summed E-state index contributed by atoms with van der Waals surface area (Å²) in [5.41, 5.74) is 0.434. The van der Waals surface area contributed by atoms with E-state index >= 15 is 0 Å². The van der Waals surface area contributed by atoms with Gasteiger partial charge in [-0.05, 0) is 30.9 Å². The molecule has 0 aliphatic heterocycles. The van der Waals surface area contributed by atoms with Crippen LogP contribution in [0.5, 0.6) is 0 Å². The predicted molar refractivity (Wildman–Crippen MR) is 69.8 cm³/mol. The van der Waals surface area contributed by atoms with E-state index in [9.17, 15) is 4.79 Å². The Bertz CT molecular complexity index is 421. The highest BCUT2D eigenvalue weighted by Crippen LogP contribution is 2.28. The number of carbonyl (C=O) groups excluding carboxylic acids is 1. The monoisotopic (exact) mass is 268 g/mol. The molecule has 98 valence electrons. The summed E-state index contributed by atoms with van der Waals surface area (Å²) >= 11 is 5.88. The number of ether oxygens (including phenoxy) is 1. The van der Waals surface area contributed by atoms with E-state index in [1.54, 1.807) is 30.3 Å².